The summed E-state index contributed by atoms with van der Waals surface area (Å²) in [4.78, 5) is 0. The first kappa shape index (κ1) is 11.3. The molecule has 0 aliphatic rings. The Hall–Kier alpha value is -0.820. The van der Waals surface area contributed by atoms with E-state index in [1.165, 1.54) is 5.56 Å². The van der Waals surface area contributed by atoms with Crippen LogP contribution in [0.4, 0.5) is 0 Å². The van der Waals surface area contributed by atoms with Crippen LogP contribution in [0.15, 0.2) is 30.3 Å². The molecule has 14 heavy (non-hydrogen) atoms. The summed E-state index contributed by atoms with van der Waals surface area (Å²) in [6.45, 7) is 6.44. The Kier molecular flexibility index (Phi) is 3.70. The number of benzene rings is 1. The Balaban J connectivity index is 2.67. The molecule has 0 amide bonds. The Labute approximate surface area is 87.3 Å². The van der Waals surface area contributed by atoms with Crippen LogP contribution in [0.2, 0.25) is 0 Å². The Bertz CT molecular complexity index is 258. The summed E-state index contributed by atoms with van der Waals surface area (Å²) < 4.78 is 0. The molecule has 1 unspecified atom stereocenters. The maximum Gasteiger partial charge on any atom is 0.0128 e. The quantitative estimate of drug-likeness (QED) is 0.778. The predicted molar refractivity (Wildman–Crippen MR) is 62.2 cm³/mol. The minimum Gasteiger partial charge on any atom is -0.325 e. The van der Waals surface area contributed by atoms with E-state index < -0.39 is 0 Å². The standard InChI is InChI=1S/C13H21N/c1-4-12(13(2,3)14)10-11-8-6-5-7-9-11/h5-9,12H,4,10,14H2,1-3H3. The third-order valence-electron chi connectivity index (χ3n) is 2.87. The molecule has 0 saturated heterocycles. The van der Waals surface area contributed by atoms with E-state index in [2.05, 4.69) is 51.1 Å². The van der Waals surface area contributed by atoms with E-state index in [-0.39, 0.29) is 5.54 Å². The van der Waals surface area contributed by atoms with Crippen molar-refractivity contribution < 1.29 is 0 Å². The Morgan fingerprint density at radius 2 is 1.79 bits per heavy atom. The Morgan fingerprint density at radius 1 is 1.21 bits per heavy atom. The van der Waals surface area contributed by atoms with Crippen LogP contribution in [0.1, 0.15) is 32.8 Å². The minimum absolute atomic E-state index is 0.0788. The summed E-state index contributed by atoms with van der Waals surface area (Å²) in [7, 11) is 0. The van der Waals surface area contributed by atoms with Gasteiger partial charge in [0.15, 0.2) is 0 Å². The monoisotopic (exact) mass is 191 g/mol. The molecule has 1 atom stereocenters. The second-order valence-corrected chi connectivity index (χ2v) is 4.62. The van der Waals surface area contributed by atoms with Crippen LogP contribution in [-0.4, -0.2) is 5.54 Å². The highest BCUT2D eigenvalue weighted by molar-refractivity contribution is 5.16. The maximum atomic E-state index is 6.14. The van der Waals surface area contributed by atoms with Crippen molar-refractivity contribution in [3.05, 3.63) is 35.9 Å². The van der Waals surface area contributed by atoms with E-state index in [1.807, 2.05) is 0 Å². The van der Waals surface area contributed by atoms with Gasteiger partial charge >= 0.3 is 0 Å². The molecular formula is C13H21N. The van der Waals surface area contributed by atoms with Crippen LogP contribution in [0, 0.1) is 5.92 Å². The van der Waals surface area contributed by atoms with Crippen molar-refractivity contribution in [1.29, 1.82) is 0 Å². The van der Waals surface area contributed by atoms with Crippen molar-refractivity contribution in [2.75, 3.05) is 0 Å². The Morgan fingerprint density at radius 3 is 2.21 bits per heavy atom. The van der Waals surface area contributed by atoms with Crippen LogP contribution in [0.25, 0.3) is 0 Å². The van der Waals surface area contributed by atoms with E-state index in [1.54, 1.807) is 0 Å². The molecule has 1 heteroatoms. The molecule has 0 fully saturated rings. The van der Waals surface area contributed by atoms with Gasteiger partial charge in [0.25, 0.3) is 0 Å². The SMILES string of the molecule is CCC(Cc1ccccc1)C(C)(C)N. The average Bonchev–Trinajstić information content (AvgIpc) is 2.14. The van der Waals surface area contributed by atoms with Crippen molar-refractivity contribution in [3.63, 3.8) is 0 Å². The van der Waals surface area contributed by atoms with Crippen molar-refractivity contribution in [2.45, 2.75) is 39.2 Å². The molecule has 1 aromatic carbocycles. The molecule has 0 aliphatic heterocycles. The lowest BCUT2D eigenvalue weighted by Gasteiger charge is -2.29. The van der Waals surface area contributed by atoms with Crippen LogP contribution < -0.4 is 5.73 Å². The highest BCUT2D eigenvalue weighted by Crippen LogP contribution is 2.22. The largest absolute Gasteiger partial charge is 0.325 e. The first-order chi connectivity index (χ1) is 6.54. The summed E-state index contributed by atoms with van der Waals surface area (Å²) in [5, 5.41) is 0. The van der Waals surface area contributed by atoms with Gasteiger partial charge in [-0.25, -0.2) is 0 Å². The van der Waals surface area contributed by atoms with Gasteiger partial charge in [0.05, 0.1) is 0 Å². The maximum absolute atomic E-state index is 6.14. The fourth-order valence-electron chi connectivity index (χ4n) is 1.83. The molecule has 2 N–H and O–H groups in total. The van der Waals surface area contributed by atoms with E-state index in [0.29, 0.717) is 5.92 Å². The first-order valence-corrected chi connectivity index (χ1v) is 5.37. The lowest BCUT2D eigenvalue weighted by molar-refractivity contribution is 0.309. The number of nitrogens with two attached hydrogens (primary N) is 1. The molecule has 0 heterocycles. The minimum atomic E-state index is -0.0788. The zero-order valence-electron chi connectivity index (χ0n) is 9.46. The topological polar surface area (TPSA) is 26.0 Å². The third-order valence-corrected chi connectivity index (χ3v) is 2.87. The summed E-state index contributed by atoms with van der Waals surface area (Å²) >= 11 is 0. The molecule has 1 aromatic rings. The molecule has 1 nitrogen and oxygen atoms in total. The van der Waals surface area contributed by atoms with Crippen LogP contribution in [-0.2, 0) is 6.42 Å². The predicted octanol–water partition coefficient (Wildman–Crippen LogP) is 2.99. The summed E-state index contributed by atoms with van der Waals surface area (Å²) in [5.41, 5.74) is 7.45. The van der Waals surface area contributed by atoms with Crippen LogP contribution in [0.3, 0.4) is 0 Å². The fraction of sp³-hybridized carbons (Fsp3) is 0.538. The van der Waals surface area contributed by atoms with Crippen LogP contribution >= 0.6 is 0 Å². The van der Waals surface area contributed by atoms with Gasteiger partial charge < -0.3 is 5.73 Å². The number of hydrogen-bond donors (Lipinski definition) is 1. The molecule has 0 saturated carbocycles. The normalized spacial score (nSPS) is 14.0. The third kappa shape index (κ3) is 3.15. The first-order valence-electron chi connectivity index (χ1n) is 5.37. The van der Waals surface area contributed by atoms with Crippen LogP contribution in [0.5, 0.6) is 0 Å². The lowest BCUT2D eigenvalue weighted by Crippen LogP contribution is -2.41. The van der Waals surface area contributed by atoms with E-state index in [9.17, 15) is 0 Å². The van der Waals surface area contributed by atoms with Gasteiger partial charge in [0.1, 0.15) is 0 Å². The molecule has 0 aliphatic carbocycles. The highest BCUT2D eigenvalue weighted by atomic mass is 14.7. The van der Waals surface area contributed by atoms with Gasteiger partial charge in [0, 0.05) is 5.54 Å². The smallest absolute Gasteiger partial charge is 0.0128 e. The van der Waals surface area contributed by atoms with Gasteiger partial charge in [0.2, 0.25) is 0 Å². The van der Waals surface area contributed by atoms with Gasteiger partial charge in [-0.3, -0.25) is 0 Å². The molecule has 0 spiro atoms. The van der Waals surface area contributed by atoms with E-state index >= 15 is 0 Å². The molecule has 1 rings (SSSR count). The average molecular weight is 191 g/mol. The zero-order chi connectivity index (χ0) is 10.6. The second kappa shape index (κ2) is 4.61. The van der Waals surface area contributed by atoms with E-state index in [0.717, 1.165) is 12.8 Å². The van der Waals surface area contributed by atoms with Gasteiger partial charge in [-0.2, -0.15) is 0 Å². The summed E-state index contributed by atoms with van der Waals surface area (Å²) in [5.74, 6) is 0.560. The van der Waals surface area contributed by atoms with Crippen molar-refractivity contribution in [2.24, 2.45) is 11.7 Å². The van der Waals surface area contributed by atoms with Gasteiger partial charge in [-0.05, 0) is 31.7 Å². The molecule has 78 valence electrons. The zero-order valence-corrected chi connectivity index (χ0v) is 9.46. The molecule has 0 aromatic heterocycles. The number of rotatable bonds is 4. The van der Waals surface area contributed by atoms with Gasteiger partial charge in [-0.1, -0.05) is 43.7 Å². The number of hydrogen-bond acceptors (Lipinski definition) is 1. The molecule has 0 bridgehead atoms. The summed E-state index contributed by atoms with van der Waals surface area (Å²) in [6, 6.07) is 10.6. The summed E-state index contributed by atoms with van der Waals surface area (Å²) in [6.07, 6.45) is 2.22. The fourth-order valence-corrected chi connectivity index (χ4v) is 1.83. The van der Waals surface area contributed by atoms with Crippen molar-refractivity contribution in [3.8, 4) is 0 Å². The highest BCUT2D eigenvalue weighted by Gasteiger charge is 2.23. The molecule has 0 radical (unpaired) electrons. The second-order valence-electron chi connectivity index (χ2n) is 4.62. The van der Waals surface area contributed by atoms with Crippen molar-refractivity contribution in [1.82, 2.24) is 0 Å². The van der Waals surface area contributed by atoms with Crippen molar-refractivity contribution >= 4 is 0 Å². The lowest BCUT2D eigenvalue weighted by atomic mass is 9.82. The molecular weight excluding hydrogens is 170 g/mol. The van der Waals surface area contributed by atoms with E-state index in [4.69, 9.17) is 5.73 Å². The van der Waals surface area contributed by atoms with Gasteiger partial charge in [-0.15, -0.1) is 0 Å².